The van der Waals surface area contributed by atoms with Crippen LogP contribution in [0.5, 0.6) is 0 Å². The van der Waals surface area contributed by atoms with Crippen molar-refractivity contribution in [3.05, 3.63) is 35.4 Å². The van der Waals surface area contributed by atoms with Crippen molar-refractivity contribution >= 4 is 5.91 Å². The molecule has 1 heterocycles. The van der Waals surface area contributed by atoms with Crippen molar-refractivity contribution in [3.8, 4) is 0 Å². The lowest BCUT2D eigenvalue weighted by molar-refractivity contribution is 0.0758. The van der Waals surface area contributed by atoms with Crippen LogP contribution >= 0.6 is 0 Å². The van der Waals surface area contributed by atoms with E-state index in [-0.39, 0.29) is 11.9 Å². The molecule has 1 aromatic rings. The summed E-state index contributed by atoms with van der Waals surface area (Å²) in [6, 6.07) is 8.27. The summed E-state index contributed by atoms with van der Waals surface area (Å²) < 4.78 is 0. The SMILES string of the molecule is CC(N)CCCCN1CCCc2ccccc2C1=O. The Bertz CT molecular complexity index is 429. The molecule has 2 rings (SSSR count). The van der Waals surface area contributed by atoms with Crippen LogP contribution in [0.2, 0.25) is 0 Å². The van der Waals surface area contributed by atoms with E-state index in [0.29, 0.717) is 0 Å². The molecule has 0 bridgehead atoms. The van der Waals surface area contributed by atoms with Gasteiger partial charge in [-0.25, -0.2) is 0 Å². The lowest BCUT2D eigenvalue weighted by Crippen LogP contribution is -2.32. The molecule has 3 heteroatoms. The number of benzene rings is 1. The van der Waals surface area contributed by atoms with Crippen LogP contribution in [0.15, 0.2) is 24.3 Å². The molecule has 0 fully saturated rings. The molecule has 0 saturated heterocycles. The number of aryl methyl sites for hydroxylation is 1. The van der Waals surface area contributed by atoms with Gasteiger partial charge in [0.1, 0.15) is 0 Å². The highest BCUT2D eigenvalue weighted by Crippen LogP contribution is 2.18. The van der Waals surface area contributed by atoms with Crippen molar-refractivity contribution in [2.45, 2.75) is 45.1 Å². The predicted octanol–water partition coefficient (Wildman–Crippen LogP) is 2.59. The molecule has 0 saturated carbocycles. The number of amides is 1. The third kappa shape index (κ3) is 3.80. The van der Waals surface area contributed by atoms with E-state index in [4.69, 9.17) is 5.73 Å². The van der Waals surface area contributed by atoms with Gasteiger partial charge in [0, 0.05) is 24.7 Å². The third-order valence-corrected chi connectivity index (χ3v) is 3.75. The number of fused-ring (bicyclic) bond motifs is 1. The standard InChI is InChI=1S/C16H24N2O/c1-13(17)7-4-5-11-18-12-6-9-14-8-2-3-10-15(14)16(18)19/h2-3,8,10,13H,4-7,9,11-12,17H2,1H3. The minimum Gasteiger partial charge on any atom is -0.339 e. The number of nitrogens with two attached hydrogens (primary N) is 1. The molecule has 0 radical (unpaired) electrons. The van der Waals surface area contributed by atoms with Gasteiger partial charge in [-0.3, -0.25) is 4.79 Å². The summed E-state index contributed by atoms with van der Waals surface area (Å²) in [6.45, 7) is 3.78. The molecule has 2 N–H and O–H groups in total. The number of hydrogen-bond acceptors (Lipinski definition) is 2. The molecule has 104 valence electrons. The Hall–Kier alpha value is -1.35. The Kier molecular flexibility index (Phi) is 4.97. The van der Waals surface area contributed by atoms with Crippen molar-refractivity contribution in [2.24, 2.45) is 5.73 Å². The number of rotatable bonds is 5. The van der Waals surface area contributed by atoms with Crippen LogP contribution in [0.25, 0.3) is 0 Å². The van der Waals surface area contributed by atoms with Crippen LogP contribution < -0.4 is 5.73 Å². The van der Waals surface area contributed by atoms with E-state index in [0.717, 1.165) is 50.8 Å². The van der Waals surface area contributed by atoms with Crippen molar-refractivity contribution < 1.29 is 4.79 Å². The normalized spacial score (nSPS) is 16.9. The smallest absolute Gasteiger partial charge is 0.254 e. The number of unbranched alkanes of at least 4 members (excludes halogenated alkanes) is 1. The van der Waals surface area contributed by atoms with Gasteiger partial charge < -0.3 is 10.6 Å². The Morgan fingerprint density at radius 2 is 2.11 bits per heavy atom. The molecule has 0 aliphatic carbocycles. The van der Waals surface area contributed by atoms with Gasteiger partial charge in [-0.2, -0.15) is 0 Å². The molecule has 1 unspecified atom stereocenters. The van der Waals surface area contributed by atoms with Gasteiger partial charge in [-0.15, -0.1) is 0 Å². The average Bonchev–Trinajstić information content (AvgIpc) is 2.55. The van der Waals surface area contributed by atoms with Crippen LogP contribution in [0, 0.1) is 0 Å². The molecule has 1 atom stereocenters. The molecule has 0 spiro atoms. The number of hydrogen-bond donors (Lipinski definition) is 1. The predicted molar refractivity (Wildman–Crippen MR) is 78.2 cm³/mol. The Morgan fingerprint density at radius 3 is 2.89 bits per heavy atom. The van der Waals surface area contributed by atoms with Gasteiger partial charge in [0.2, 0.25) is 0 Å². The quantitative estimate of drug-likeness (QED) is 0.827. The molecular weight excluding hydrogens is 236 g/mol. The zero-order chi connectivity index (χ0) is 13.7. The van der Waals surface area contributed by atoms with Gasteiger partial charge in [0.05, 0.1) is 0 Å². The van der Waals surface area contributed by atoms with E-state index in [9.17, 15) is 4.79 Å². The second-order valence-electron chi connectivity index (χ2n) is 5.53. The van der Waals surface area contributed by atoms with E-state index in [1.807, 2.05) is 30.0 Å². The zero-order valence-electron chi connectivity index (χ0n) is 11.8. The Morgan fingerprint density at radius 1 is 1.32 bits per heavy atom. The first kappa shape index (κ1) is 14.1. The first-order valence-corrected chi connectivity index (χ1v) is 7.31. The Balaban J connectivity index is 1.94. The maximum atomic E-state index is 12.5. The third-order valence-electron chi connectivity index (χ3n) is 3.75. The zero-order valence-corrected chi connectivity index (χ0v) is 11.8. The van der Waals surface area contributed by atoms with Crippen LogP contribution in [0.1, 0.15) is 48.5 Å². The van der Waals surface area contributed by atoms with Crippen LogP contribution in [-0.2, 0) is 6.42 Å². The maximum absolute atomic E-state index is 12.5. The van der Waals surface area contributed by atoms with Gasteiger partial charge in [-0.1, -0.05) is 24.6 Å². The van der Waals surface area contributed by atoms with Crippen LogP contribution in [0.4, 0.5) is 0 Å². The van der Waals surface area contributed by atoms with Crippen molar-refractivity contribution in [2.75, 3.05) is 13.1 Å². The molecule has 19 heavy (non-hydrogen) atoms. The van der Waals surface area contributed by atoms with Crippen LogP contribution in [0.3, 0.4) is 0 Å². The lowest BCUT2D eigenvalue weighted by Gasteiger charge is -2.21. The number of carbonyl (C=O) groups excluding carboxylic acids is 1. The first-order chi connectivity index (χ1) is 9.18. The van der Waals surface area contributed by atoms with Gasteiger partial charge >= 0.3 is 0 Å². The lowest BCUT2D eigenvalue weighted by atomic mass is 10.0. The fraction of sp³-hybridized carbons (Fsp3) is 0.562. The number of carbonyl (C=O) groups is 1. The highest BCUT2D eigenvalue weighted by Gasteiger charge is 2.21. The summed E-state index contributed by atoms with van der Waals surface area (Å²) in [7, 11) is 0. The molecule has 1 amide bonds. The van der Waals surface area contributed by atoms with E-state index >= 15 is 0 Å². The van der Waals surface area contributed by atoms with E-state index in [1.54, 1.807) is 0 Å². The minimum atomic E-state index is 0.203. The van der Waals surface area contributed by atoms with Crippen molar-refractivity contribution in [1.29, 1.82) is 0 Å². The van der Waals surface area contributed by atoms with E-state index in [2.05, 4.69) is 6.07 Å². The average molecular weight is 260 g/mol. The monoisotopic (exact) mass is 260 g/mol. The molecule has 1 aliphatic heterocycles. The number of nitrogens with zero attached hydrogens (tertiary/aromatic N) is 1. The maximum Gasteiger partial charge on any atom is 0.254 e. The van der Waals surface area contributed by atoms with Crippen molar-refractivity contribution in [3.63, 3.8) is 0 Å². The molecule has 3 nitrogen and oxygen atoms in total. The fourth-order valence-corrected chi connectivity index (χ4v) is 2.66. The minimum absolute atomic E-state index is 0.203. The molecular formula is C16H24N2O. The summed E-state index contributed by atoms with van der Waals surface area (Å²) >= 11 is 0. The molecule has 0 aromatic heterocycles. The second-order valence-corrected chi connectivity index (χ2v) is 5.53. The largest absolute Gasteiger partial charge is 0.339 e. The summed E-state index contributed by atoms with van der Waals surface area (Å²) in [6.07, 6.45) is 5.27. The van der Waals surface area contributed by atoms with E-state index < -0.39 is 0 Å². The molecule has 1 aliphatic rings. The van der Waals surface area contributed by atoms with Gasteiger partial charge in [0.15, 0.2) is 0 Å². The summed E-state index contributed by atoms with van der Waals surface area (Å²) in [5.74, 6) is 0.203. The van der Waals surface area contributed by atoms with Gasteiger partial charge in [-0.05, 0) is 44.2 Å². The molecule has 1 aromatic carbocycles. The summed E-state index contributed by atoms with van der Waals surface area (Å²) in [5, 5.41) is 0. The van der Waals surface area contributed by atoms with Gasteiger partial charge in [0.25, 0.3) is 5.91 Å². The van der Waals surface area contributed by atoms with E-state index in [1.165, 1.54) is 5.56 Å². The topological polar surface area (TPSA) is 46.3 Å². The summed E-state index contributed by atoms with van der Waals surface area (Å²) in [5.41, 5.74) is 7.84. The highest BCUT2D eigenvalue weighted by atomic mass is 16.2. The highest BCUT2D eigenvalue weighted by molar-refractivity contribution is 5.96. The fourth-order valence-electron chi connectivity index (χ4n) is 2.66. The Labute approximate surface area is 115 Å². The summed E-state index contributed by atoms with van der Waals surface area (Å²) in [4.78, 5) is 14.5. The second kappa shape index (κ2) is 6.71. The first-order valence-electron chi connectivity index (χ1n) is 7.31. The van der Waals surface area contributed by atoms with Crippen LogP contribution in [-0.4, -0.2) is 29.9 Å². The van der Waals surface area contributed by atoms with Crippen molar-refractivity contribution in [1.82, 2.24) is 4.90 Å².